The maximum absolute atomic E-state index is 12.9. The standard InChI is InChI=1S/C16H14F3N5/c17-16(18,19)15(23)10(6-21)14-8-2-1-7(8)13-9(5-20)11(22)3-4-12(13)24-14/h3-6,20-21H,1-2,22-23H2. The first-order chi connectivity index (χ1) is 11.3. The number of aromatic nitrogens is 1. The number of allylic oxidation sites excluding steroid dienone is 2. The van der Waals surface area contributed by atoms with Crippen LogP contribution in [0.15, 0.2) is 17.8 Å². The van der Waals surface area contributed by atoms with Gasteiger partial charge in [-0.1, -0.05) is 0 Å². The van der Waals surface area contributed by atoms with Crippen LogP contribution in [0.1, 0.15) is 22.4 Å². The molecule has 0 radical (unpaired) electrons. The van der Waals surface area contributed by atoms with Crippen LogP contribution in [0, 0.1) is 10.8 Å². The van der Waals surface area contributed by atoms with Crippen LogP contribution in [0.5, 0.6) is 0 Å². The van der Waals surface area contributed by atoms with E-state index in [0.717, 1.165) is 11.8 Å². The lowest BCUT2D eigenvalue weighted by Gasteiger charge is -2.26. The fourth-order valence-corrected chi connectivity index (χ4v) is 2.94. The number of halogens is 3. The van der Waals surface area contributed by atoms with E-state index in [1.54, 1.807) is 12.1 Å². The minimum absolute atomic E-state index is 0.0780. The summed E-state index contributed by atoms with van der Waals surface area (Å²) >= 11 is 0. The molecule has 8 heteroatoms. The molecule has 0 amide bonds. The SMILES string of the molecule is N=CC(=C(N)C(F)(F)F)c1nc2ccc(N)c(C=N)c2c2c1CC2. The molecule has 1 aromatic heterocycles. The van der Waals surface area contributed by atoms with Gasteiger partial charge in [0.1, 0.15) is 5.70 Å². The monoisotopic (exact) mass is 333 g/mol. The van der Waals surface area contributed by atoms with Crippen LogP contribution in [-0.2, 0) is 12.8 Å². The van der Waals surface area contributed by atoms with Crippen molar-refractivity contribution in [3.63, 3.8) is 0 Å². The van der Waals surface area contributed by atoms with Crippen molar-refractivity contribution in [3.8, 4) is 0 Å². The second-order valence-electron chi connectivity index (χ2n) is 5.49. The van der Waals surface area contributed by atoms with Gasteiger partial charge in [0.05, 0.1) is 11.2 Å². The zero-order valence-electron chi connectivity index (χ0n) is 12.5. The van der Waals surface area contributed by atoms with E-state index in [4.69, 9.17) is 22.3 Å². The maximum atomic E-state index is 12.9. The molecule has 1 heterocycles. The van der Waals surface area contributed by atoms with E-state index in [0.29, 0.717) is 46.8 Å². The topological polar surface area (TPSA) is 113 Å². The molecule has 0 atom stereocenters. The summed E-state index contributed by atoms with van der Waals surface area (Å²) in [6.45, 7) is 0. The Labute approximate surface area is 135 Å². The van der Waals surface area contributed by atoms with Crippen LogP contribution < -0.4 is 11.5 Å². The lowest BCUT2D eigenvalue weighted by molar-refractivity contribution is -0.0919. The van der Waals surface area contributed by atoms with Crippen molar-refractivity contribution in [2.24, 2.45) is 5.73 Å². The first kappa shape index (κ1) is 16.0. The molecule has 2 aromatic rings. The molecule has 24 heavy (non-hydrogen) atoms. The van der Waals surface area contributed by atoms with Gasteiger partial charge in [-0.25, -0.2) is 4.98 Å². The molecule has 0 saturated heterocycles. The number of nitrogens with zero attached hydrogens (tertiary/aromatic N) is 1. The van der Waals surface area contributed by atoms with Gasteiger partial charge in [-0.2, -0.15) is 13.2 Å². The van der Waals surface area contributed by atoms with Crippen LogP contribution in [0.25, 0.3) is 16.5 Å². The molecule has 5 nitrogen and oxygen atoms in total. The fourth-order valence-electron chi connectivity index (χ4n) is 2.94. The molecule has 1 aromatic carbocycles. The van der Waals surface area contributed by atoms with Gasteiger partial charge in [0.15, 0.2) is 0 Å². The van der Waals surface area contributed by atoms with Gasteiger partial charge < -0.3 is 22.3 Å². The molecule has 0 unspecified atom stereocenters. The van der Waals surface area contributed by atoms with Crippen molar-refractivity contribution in [2.75, 3.05) is 5.73 Å². The van der Waals surface area contributed by atoms with Crippen LogP contribution >= 0.6 is 0 Å². The number of rotatable bonds is 3. The van der Waals surface area contributed by atoms with E-state index in [2.05, 4.69) is 4.98 Å². The summed E-state index contributed by atoms with van der Waals surface area (Å²) in [5.74, 6) is 0. The molecule has 0 bridgehead atoms. The van der Waals surface area contributed by atoms with Crippen LogP contribution in [0.3, 0.4) is 0 Å². The van der Waals surface area contributed by atoms with E-state index < -0.39 is 17.4 Å². The molecule has 3 rings (SSSR count). The highest BCUT2D eigenvalue weighted by molar-refractivity contribution is 6.12. The van der Waals surface area contributed by atoms with Crippen molar-refractivity contribution < 1.29 is 13.2 Å². The number of nitrogen functional groups attached to an aromatic ring is 1. The van der Waals surface area contributed by atoms with Gasteiger partial charge in [-0.15, -0.1) is 0 Å². The highest BCUT2D eigenvalue weighted by atomic mass is 19.4. The van der Waals surface area contributed by atoms with Gasteiger partial charge in [0.2, 0.25) is 0 Å². The third-order valence-electron chi connectivity index (χ3n) is 4.21. The van der Waals surface area contributed by atoms with E-state index in [1.807, 2.05) is 0 Å². The lowest BCUT2D eigenvalue weighted by atomic mass is 9.81. The Morgan fingerprint density at radius 3 is 2.33 bits per heavy atom. The van der Waals surface area contributed by atoms with Crippen molar-refractivity contribution in [1.82, 2.24) is 4.98 Å². The zero-order valence-corrected chi connectivity index (χ0v) is 12.5. The second-order valence-corrected chi connectivity index (χ2v) is 5.49. The second kappa shape index (κ2) is 5.33. The van der Waals surface area contributed by atoms with Crippen molar-refractivity contribution in [3.05, 3.63) is 40.2 Å². The lowest BCUT2D eigenvalue weighted by Crippen LogP contribution is -2.24. The summed E-state index contributed by atoms with van der Waals surface area (Å²) in [6.07, 6.45) is -1.83. The number of fused-ring (bicyclic) bond motifs is 3. The molecule has 0 fully saturated rings. The van der Waals surface area contributed by atoms with Gasteiger partial charge in [-0.05, 0) is 36.1 Å². The van der Waals surface area contributed by atoms with Gasteiger partial charge >= 0.3 is 6.18 Å². The Kier molecular flexibility index (Phi) is 3.55. The van der Waals surface area contributed by atoms with Gasteiger partial charge in [0, 0.05) is 34.6 Å². The smallest absolute Gasteiger partial charge is 0.398 e. The Morgan fingerprint density at radius 1 is 1.17 bits per heavy atom. The molecular formula is C16H14F3N5. The van der Waals surface area contributed by atoms with E-state index in [9.17, 15) is 13.2 Å². The number of hydrogen-bond donors (Lipinski definition) is 4. The van der Waals surface area contributed by atoms with E-state index in [-0.39, 0.29) is 5.69 Å². The summed E-state index contributed by atoms with van der Waals surface area (Å²) in [5.41, 5.74) is 12.2. The largest absolute Gasteiger partial charge is 0.431 e. The Balaban J connectivity index is 2.37. The number of pyridine rings is 1. The van der Waals surface area contributed by atoms with Crippen molar-refractivity contribution >= 4 is 34.6 Å². The predicted octanol–water partition coefficient (Wildman–Crippen LogP) is 2.79. The highest BCUT2D eigenvalue weighted by Crippen LogP contribution is 2.39. The zero-order chi connectivity index (χ0) is 17.6. The summed E-state index contributed by atoms with van der Waals surface area (Å²) < 4.78 is 38.8. The number of aryl methyl sites for hydroxylation is 1. The number of nitrogens with two attached hydrogens (primary N) is 2. The third kappa shape index (κ3) is 2.22. The van der Waals surface area contributed by atoms with Gasteiger partial charge in [0.25, 0.3) is 0 Å². The summed E-state index contributed by atoms with van der Waals surface area (Å²) in [5, 5.41) is 15.6. The van der Waals surface area contributed by atoms with Crippen molar-refractivity contribution in [1.29, 1.82) is 10.8 Å². The van der Waals surface area contributed by atoms with E-state index >= 15 is 0 Å². The van der Waals surface area contributed by atoms with Crippen LogP contribution in [0.2, 0.25) is 0 Å². The molecule has 124 valence electrons. The van der Waals surface area contributed by atoms with Crippen molar-refractivity contribution in [2.45, 2.75) is 19.0 Å². The average molecular weight is 333 g/mol. The van der Waals surface area contributed by atoms with Crippen LogP contribution in [0.4, 0.5) is 18.9 Å². The first-order valence-electron chi connectivity index (χ1n) is 7.11. The molecule has 1 aliphatic rings. The fraction of sp³-hybridized carbons (Fsp3) is 0.188. The Hall–Kier alpha value is -2.90. The summed E-state index contributed by atoms with van der Waals surface area (Å²) in [7, 11) is 0. The Bertz CT molecular complexity index is 912. The minimum atomic E-state index is -4.73. The number of hydrogen-bond acceptors (Lipinski definition) is 5. The number of benzene rings is 1. The van der Waals surface area contributed by atoms with E-state index in [1.165, 1.54) is 0 Å². The molecule has 0 aliphatic heterocycles. The quantitative estimate of drug-likeness (QED) is 0.511. The Morgan fingerprint density at radius 2 is 1.83 bits per heavy atom. The molecule has 1 aliphatic carbocycles. The summed E-state index contributed by atoms with van der Waals surface area (Å²) in [6, 6.07) is 3.16. The third-order valence-corrected chi connectivity index (χ3v) is 4.21. The first-order valence-corrected chi connectivity index (χ1v) is 7.11. The minimum Gasteiger partial charge on any atom is -0.398 e. The molecular weight excluding hydrogens is 319 g/mol. The number of alkyl halides is 3. The molecule has 0 saturated carbocycles. The predicted molar refractivity (Wildman–Crippen MR) is 87.4 cm³/mol. The molecule has 6 N–H and O–H groups in total. The highest BCUT2D eigenvalue weighted by Gasteiger charge is 2.36. The van der Waals surface area contributed by atoms with Crippen LogP contribution in [-0.4, -0.2) is 23.6 Å². The van der Waals surface area contributed by atoms with Gasteiger partial charge in [-0.3, -0.25) is 0 Å². The number of nitrogens with one attached hydrogen (secondary N) is 2. The molecule has 0 spiro atoms. The average Bonchev–Trinajstić information content (AvgIpc) is 2.47. The summed E-state index contributed by atoms with van der Waals surface area (Å²) in [4.78, 5) is 4.29. The normalized spacial score (nSPS) is 14.6. The number of anilines is 1. The maximum Gasteiger partial charge on any atom is 0.431 e.